The molecule has 1 atom stereocenters. The van der Waals surface area contributed by atoms with E-state index >= 15 is 0 Å². The molecule has 1 rings (SSSR count). The maximum Gasteiger partial charge on any atom is 0.328 e. The monoisotopic (exact) mass is 341 g/mol. The van der Waals surface area contributed by atoms with Crippen LogP contribution in [0.25, 0.3) is 0 Å². The summed E-state index contributed by atoms with van der Waals surface area (Å²) in [6.45, 7) is 9.98. The molecule has 1 unspecified atom stereocenters. The van der Waals surface area contributed by atoms with Crippen molar-refractivity contribution in [2.75, 3.05) is 19.6 Å². The second-order valence-electron chi connectivity index (χ2n) is 6.39. The van der Waals surface area contributed by atoms with Crippen LogP contribution in [0.1, 0.15) is 39.5 Å². The van der Waals surface area contributed by atoms with Crippen molar-refractivity contribution >= 4 is 23.3 Å². The van der Waals surface area contributed by atoms with Crippen molar-refractivity contribution in [3.8, 4) is 0 Å². The highest BCUT2D eigenvalue weighted by molar-refractivity contribution is 7.10. The molecule has 23 heavy (non-hydrogen) atoms. The zero-order valence-electron chi connectivity index (χ0n) is 14.5. The fourth-order valence-electron chi connectivity index (χ4n) is 1.79. The summed E-state index contributed by atoms with van der Waals surface area (Å²) in [5.74, 6) is 0.0786. The van der Waals surface area contributed by atoms with E-state index in [1.54, 1.807) is 6.92 Å². The molecule has 0 radical (unpaired) electrons. The van der Waals surface area contributed by atoms with Crippen molar-refractivity contribution in [1.82, 2.24) is 10.6 Å². The van der Waals surface area contributed by atoms with Gasteiger partial charge in [-0.15, -0.1) is 11.3 Å². The number of aliphatic hydroxyl groups is 1. The summed E-state index contributed by atoms with van der Waals surface area (Å²) in [6, 6.07) is 3.79. The van der Waals surface area contributed by atoms with Crippen LogP contribution in [0.15, 0.2) is 22.5 Å². The Balaban J connectivity index is 2.61. The average Bonchev–Trinajstić information content (AvgIpc) is 2.95. The van der Waals surface area contributed by atoms with Crippen LogP contribution in [0.2, 0.25) is 0 Å². The summed E-state index contributed by atoms with van der Waals surface area (Å²) in [6.07, 6.45) is 0. The van der Waals surface area contributed by atoms with Crippen LogP contribution < -0.4 is 10.6 Å². The average molecular weight is 341 g/mol. The number of rotatable bonds is 6. The van der Waals surface area contributed by atoms with E-state index in [1.165, 1.54) is 11.3 Å². The van der Waals surface area contributed by atoms with Gasteiger partial charge in [-0.05, 0) is 46.1 Å². The van der Waals surface area contributed by atoms with Gasteiger partial charge in [-0.25, -0.2) is 4.99 Å². The van der Waals surface area contributed by atoms with Gasteiger partial charge in [0.05, 0.1) is 6.54 Å². The first-order valence-corrected chi connectivity index (χ1v) is 8.52. The molecular weight excluding hydrogens is 314 g/mol. The molecule has 3 N–H and O–H groups in total. The molecule has 0 amide bonds. The number of hydrogen-bond donors (Lipinski definition) is 3. The molecule has 0 aliphatic rings. The lowest BCUT2D eigenvalue weighted by Crippen LogP contribution is -2.44. The largest absolute Gasteiger partial charge is 0.459 e. The molecule has 0 saturated heterocycles. The van der Waals surface area contributed by atoms with Crippen LogP contribution in [-0.4, -0.2) is 42.3 Å². The number of nitrogens with one attached hydrogen (secondary N) is 2. The summed E-state index contributed by atoms with van der Waals surface area (Å²) in [5, 5.41) is 18.5. The Morgan fingerprint density at radius 2 is 2.04 bits per heavy atom. The van der Waals surface area contributed by atoms with E-state index in [1.807, 2.05) is 45.2 Å². The maximum absolute atomic E-state index is 11.7. The number of esters is 1. The van der Waals surface area contributed by atoms with E-state index in [0.717, 1.165) is 4.88 Å². The van der Waals surface area contributed by atoms with Crippen molar-refractivity contribution in [3.63, 3.8) is 0 Å². The van der Waals surface area contributed by atoms with Crippen molar-refractivity contribution < 1.29 is 14.6 Å². The van der Waals surface area contributed by atoms with E-state index in [0.29, 0.717) is 12.5 Å². The molecule has 6 nitrogen and oxygen atoms in total. The van der Waals surface area contributed by atoms with E-state index in [4.69, 9.17) is 4.74 Å². The number of carbonyl (C=O) groups is 1. The van der Waals surface area contributed by atoms with Crippen molar-refractivity contribution in [3.05, 3.63) is 22.4 Å². The first-order valence-electron chi connectivity index (χ1n) is 7.64. The molecule has 1 aromatic rings. The zero-order chi connectivity index (χ0) is 17.5. The number of guanidine groups is 1. The highest BCUT2D eigenvalue weighted by atomic mass is 32.1. The molecule has 7 heteroatoms. The molecule has 0 bridgehead atoms. The quantitative estimate of drug-likeness (QED) is 0.418. The van der Waals surface area contributed by atoms with Crippen molar-refractivity contribution in [1.29, 1.82) is 0 Å². The Labute approximate surface area is 142 Å². The fourth-order valence-corrected chi connectivity index (χ4v) is 2.57. The minimum Gasteiger partial charge on any atom is -0.459 e. The molecule has 130 valence electrons. The van der Waals surface area contributed by atoms with Crippen LogP contribution in [-0.2, 0) is 15.1 Å². The van der Waals surface area contributed by atoms with Gasteiger partial charge in [0.2, 0.25) is 0 Å². The van der Waals surface area contributed by atoms with Gasteiger partial charge >= 0.3 is 5.97 Å². The van der Waals surface area contributed by atoms with Gasteiger partial charge in [0.25, 0.3) is 0 Å². The lowest BCUT2D eigenvalue weighted by molar-refractivity contribution is -0.152. The third-order valence-corrected chi connectivity index (χ3v) is 3.91. The Morgan fingerprint density at radius 1 is 1.35 bits per heavy atom. The highest BCUT2D eigenvalue weighted by Crippen LogP contribution is 2.24. The molecule has 0 saturated carbocycles. The molecule has 0 fully saturated rings. The Bertz CT molecular complexity index is 519. The van der Waals surface area contributed by atoms with Gasteiger partial charge in [0, 0.05) is 11.4 Å². The van der Waals surface area contributed by atoms with Gasteiger partial charge < -0.3 is 20.5 Å². The number of hydrogen-bond acceptors (Lipinski definition) is 5. The summed E-state index contributed by atoms with van der Waals surface area (Å²) in [7, 11) is 0. The summed E-state index contributed by atoms with van der Waals surface area (Å²) >= 11 is 1.50. The first kappa shape index (κ1) is 19.4. The molecular formula is C16H27N3O3S. The standard InChI is InChI=1S/C16H27N3O3S/c1-6-17-14(18-10-13(20)22-15(2,3)4)19-11-16(5,21)12-8-7-9-23-12/h7-9,21H,6,10-11H2,1-5H3,(H2,17,18,19). The van der Waals surface area contributed by atoms with Crippen LogP contribution in [0.4, 0.5) is 0 Å². The smallest absolute Gasteiger partial charge is 0.328 e. The van der Waals surface area contributed by atoms with E-state index < -0.39 is 11.2 Å². The van der Waals surface area contributed by atoms with Crippen molar-refractivity contribution in [2.24, 2.45) is 4.99 Å². The van der Waals surface area contributed by atoms with Crippen molar-refractivity contribution in [2.45, 2.75) is 45.8 Å². The van der Waals surface area contributed by atoms with Crippen LogP contribution in [0.3, 0.4) is 0 Å². The van der Waals surface area contributed by atoms with Crippen LogP contribution >= 0.6 is 11.3 Å². The van der Waals surface area contributed by atoms with Crippen LogP contribution in [0.5, 0.6) is 0 Å². The molecule has 1 aromatic heterocycles. The number of thiophene rings is 1. The lowest BCUT2D eigenvalue weighted by Gasteiger charge is -2.24. The van der Waals surface area contributed by atoms with E-state index in [2.05, 4.69) is 15.6 Å². The third-order valence-electron chi connectivity index (χ3n) is 2.78. The molecule has 0 aromatic carbocycles. The Kier molecular flexibility index (Phi) is 7.02. The Morgan fingerprint density at radius 3 is 2.57 bits per heavy atom. The molecule has 0 aliphatic carbocycles. The summed E-state index contributed by atoms with van der Waals surface area (Å²) in [4.78, 5) is 16.8. The fraction of sp³-hybridized carbons (Fsp3) is 0.625. The number of aliphatic imine (C=N–C) groups is 1. The van der Waals surface area contributed by atoms with Gasteiger partial charge in [-0.2, -0.15) is 0 Å². The van der Waals surface area contributed by atoms with Gasteiger partial charge in [-0.1, -0.05) is 6.07 Å². The molecule has 0 aliphatic heterocycles. The van der Waals surface area contributed by atoms with Gasteiger partial charge in [0.15, 0.2) is 5.96 Å². The summed E-state index contributed by atoms with van der Waals surface area (Å²) in [5.41, 5.74) is -1.53. The minimum atomic E-state index is -1.00. The van der Waals surface area contributed by atoms with Crippen LogP contribution in [0, 0.1) is 0 Å². The van der Waals surface area contributed by atoms with Gasteiger partial charge in [-0.3, -0.25) is 4.79 Å². The highest BCUT2D eigenvalue weighted by Gasteiger charge is 2.24. The van der Waals surface area contributed by atoms with E-state index in [-0.39, 0.29) is 19.1 Å². The number of carbonyl (C=O) groups excluding carboxylic acids is 1. The number of nitrogens with zero attached hydrogens (tertiary/aromatic N) is 1. The second-order valence-corrected chi connectivity index (χ2v) is 7.33. The Hall–Kier alpha value is -1.60. The SMILES string of the molecule is CCNC(=NCC(=O)OC(C)(C)C)NCC(C)(O)c1cccs1. The normalized spacial score (nSPS) is 15.0. The van der Waals surface area contributed by atoms with Gasteiger partial charge in [0.1, 0.15) is 17.7 Å². The predicted octanol–water partition coefficient (Wildman–Crippen LogP) is 1.85. The molecule has 1 heterocycles. The zero-order valence-corrected chi connectivity index (χ0v) is 15.3. The topological polar surface area (TPSA) is 83.0 Å². The first-order chi connectivity index (χ1) is 10.6. The molecule has 0 spiro atoms. The predicted molar refractivity (Wildman–Crippen MR) is 93.7 cm³/mol. The maximum atomic E-state index is 11.7. The third kappa shape index (κ3) is 7.47. The van der Waals surface area contributed by atoms with E-state index in [9.17, 15) is 9.90 Å². The second kappa shape index (κ2) is 8.31. The summed E-state index contributed by atoms with van der Waals surface area (Å²) < 4.78 is 5.22. The lowest BCUT2D eigenvalue weighted by atomic mass is 10.1. The number of ether oxygens (including phenoxy) is 1. The minimum absolute atomic E-state index is 0.0756.